The quantitative estimate of drug-likeness (QED) is 0.807. The van der Waals surface area contributed by atoms with Gasteiger partial charge < -0.3 is 9.64 Å². The minimum atomic E-state index is 0.786. The summed E-state index contributed by atoms with van der Waals surface area (Å²) in [5, 5.41) is 2.17. The first-order chi connectivity index (χ1) is 9.83. The maximum atomic E-state index is 5.39. The zero-order chi connectivity index (χ0) is 13.9. The fourth-order valence-electron chi connectivity index (χ4n) is 2.76. The summed E-state index contributed by atoms with van der Waals surface area (Å²) in [6.45, 7) is 2.11. The molecule has 5 heteroatoms. The lowest BCUT2D eigenvalue weighted by Gasteiger charge is -2.32. The smallest absolute Gasteiger partial charge is 0.145 e. The molecule has 106 valence electrons. The number of fused-ring (bicyclic) bond motifs is 1. The topological polar surface area (TPSA) is 38.2 Å². The molecule has 0 N–H and O–H groups in total. The standard InChI is InChI=1S/C15H18BrN3O/c1-20-13-4-2-3-12-14(13)17-10-18-15(12)19-7-5-11(9-16)6-8-19/h2-4,10-11H,5-9H2,1H3. The average molecular weight is 336 g/mol. The number of anilines is 1. The Morgan fingerprint density at radius 1 is 1.30 bits per heavy atom. The van der Waals surface area contributed by atoms with E-state index in [9.17, 15) is 0 Å². The predicted octanol–water partition coefficient (Wildman–Crippen LogP) is 3.25. The van der Waals surface area contributed by atoms with Gasteiger partial charge in [-0.1, -0.05) is 22.0 Å². The average Bonchev–Trinajstić information content (AvgIpc) is 2.54. The third-order valence-corrected chi connectivity index (χ3v) is 4.87. The van der Waals surface area contributed by atoms with E-state index in [4.69, 9.17) is 4.74 Å². The van der Waals surface area contributed by atoms with Gasteiger partial charge in [-0.3, -0.25) is 0 Å². The summed E-state index contributed by atoms with van der Waals surface area (Å²) < 4.78 is 5.39. The number of halogens is 1. The molecule has 0 amide bonds. The van der Waals surface area contributed by atoms with Crippen LogP contribution in [0.2, 0.25) is 0 Å². The molecule has 0 bridgehead atoms. The molecule has 2 heterocycles. The van der Waals surface area contributed by atoms with Gasteiger partial charge in [0, 0.05) is 23.8 Å². The fourth-order valence-corrected chi connectivity index (χ4v) is 3.41. The fraction of sp³-hybridized carbons (Fsp3) is 0.467. The summed E-state index contributed by atoms with van der Waals surface area (Å²) >= 11 is 3.59. The molecule has 0 atom stereocenters. The molecule has 3 rings (SSSR count). The predicted molar refractivity (Wildman–Crippen MR) is 84.8 cm³/mol. The summed E-state index contributed by atoms with van der Waals surface area (Å²) in [5.74, 6) is 2.62. The number of nitrogens with zero attached hydrogens (tertiary/aromatic N) is 3. The summed E-state index contributed by atoms with van der Waals surface area (Å²) in [7, 11) is 1.68. The SMILES string of the molecule is COc1cccc2c(N3CCC(CBr)CC3)ncnc12. The first-order valence-corrected chi connectivity index (χ1v) is 8.04. The molecule has 1 fully saturated rings. The number of hydrogen-bond donors (Lipinski definition) is 0. The second-order valence-corrected chi connectivity index (χ2v) is 5.79. The third-order valence-electron chi connectivity index (χ3n) is 3.96. The number of ether oxygens (including phenoxy) is 1. The molecule has 0 aliphatic carbocycles. The molecule has 1 aromatic carbocycles. The van der Waals surface area contributed by atoms with Crippen molar-refractivity contribution in [1.82, 2.24) is 9.97 Å². The Morgan fingerprint density at radius 3 is 2.80 bits per heavy atom. The van der Waals surface area contributed by atoms with Crippen molar-refractivity contribution in [3.05, 3.63) is 24.5 Å². The van der Waals surface area contributed by atoms with E-state index in [-0.39, 0.29) is 0 Å². The third kappa shape index (κ3) is 2.46. The van der Waals surface area contributed by atoms with Crippen molar-refractivity contribution in [2.45, 2.75) is 12.8 Å². The van der Waals surface area contributed by atoms with Crippen LogP contribution >= 0.6 is 15.9 Å². The van der Waals surface area contributed by atoms with Crippen LogP contribution in [0, 0.1) is 5.92 Å². The number of aromatic nitrogens is 2. The number of alkyl halides is 1. The summed E-state index contributed by atoms with van der Waals surface area (Å²) in [6.07, 6.45) is 4.05. The van der Waals surface area contributed by atoms with Crippen LogP contribution in [0.3, 0.4) is 0 Å². The van der Waals surface area contributed by atoms with Crippen LogP contribution in [0.1, 0.15) is 12.8 Å². The summed E-state index contributed by atoms with van der Waals surface area (Å²) in [4.78, 5) is 11.2. The molecular weight excluding hydrogens is 318 g/mol. The number of piperidine rings is 1. The molecule has 20 heavy (non-hydrogen) atoms. The van der Waals surface area contributed by atoms with Crippen molar-refractivity contribution in [2.75, 3.05) is 30.4 Å². The Labute approximate surface area is 127 Å². The number of benzene rings is 1. The van der Waals surface area contributed by atoms with Crippen LogP contribution < -0.4 is 9.64 Å². The molecule has 1 aliphatic heterocycles. The van der Waals surface area contributed by atoms with Gasteiger partial charge in [-0.2, -0.15) is 0 Å². The number of methoxy groups -OCH3 is 1. The maximum absolute atomic E-state index is 5.39. The lowest BCUT2D eigenvalue weighted by molar-refractivity contribution is 0.418. The zero-order valence-corrected chi connectivity index (χ0v) is 13.1. The van der Waals surface area contributed by atoms with E-state index in [1.165, 1.54) is 12.8 Å². The number of hydrogen-bond acceptors (Lipinski definition) is 4. The van der Waals surface area contributed by atoms with Gasteiger partial charge in [0.05, 0.1) is 7.11 Å². The van der Waals surface area contributed by atoms with Crippen molar-refractivity contribution in [3.63, 3.8) is 0 Å². The highest BCUT2D eigenvalue weighted by Gasteiger charge is 2.21. The van der Waals surface area contributed by atoms with E-state index in [1.807, 2.05) is 12.1 Å². The van der Waals surface area contributed by atoms with Gasteiger partial charge in [-0.25, -0.2) is 9.97 Å². The van der Waals surface area contributed by atoms with Gasteiger partial charge in [0.15, 0.2) is 0 Å². The van der Waals surface area contributed by atoms with Crippen LogP contribution in [0.4, 0.5) is 5.82 Å². The number of rotatable bonds is 3. The second kappa shape index (κ2) is 5.95. The molecular formula is C15H18BrN3O. The monoisotopic (exact) mass is 335 g/mol. The Morgan fingerprint density at radius 2 is 2.10 bits per heavy atom. The lowest BCUT2D eigenvalue weighted by Crippen LogP contribution is -2.34. The highest BCUT2D eigenvalue weighted by Crippen LogP contribution is 2.31. The molecule has 1 aromatic heterocycles. The minimum absolute atomic E-state index is 0.786. The molecule has 2 aromatic rings. The Kier molecular flexibility index (Phi) is 4.05. The first kappa shape index (κ1) is 13.6. The highest BCUT2D eigenvalue weighted by atomic mass is 79.9. The van der Waals surface area contributed by atoms with Crippen molar-refractivity contribution < 1.29 is 4.74 Å². The Balaban J connectivity index is 1.96. The van der Waals surface area contributed by atoms with Crippen molar-refractivity contribution in [3.8, 4) is 5.75 Å². The normalized spacial score (nSPS) is 16.6. The van der Waals surface area contributed by atoms with Crippen molar-refractivity contribution >= 4 is 32.7 Å². The first-order valence-electron chi connectivity index (χ1n) is 6.92. The second-order valence-electron chi connectivity index (χ2n) is 5.14. The maximum Gasteiger partial charge on any atom is 0.145 e. The van der Waals surface area contributed by atoms with Crippen molar-refractivity contribution in [1.29, 1.82) is 0 Å². The van der Waals surface area contributed by atoms with E-state index in [0.29, 0.717) is 0 Å². The molecule has 0 radical (unpaired) electrons. The summed E-state index contributed by atoms with van der Waals surface area (Å²) in [5.41, 5.74) is 0.891. The van der Waals surface area contributed by atoms with Crippen LogP contribution in [-0.4, -0.2) is 35.5 Å². The van der Waals surface area contributed by atoms with E-state index >= 15 is 0 Å². The van der Waals surface area contributed by atoms with Crippen LogP contribution in [-0.2, 0) is 0 Å². The Bertz CT molecular complexity index is 597. The molecule has 0 spiro atoms. The highest BCUT2D eigenvalue weighted by molar-refractivity contribution is 9.09. The van der Waals surface area contributed by atoms with Crippen LogP contribution in [0.15, 0.2) is 24.5 Å². The minimum Gasteiger partial charge on any atom is -0.494 e. The largest absolute Gasteiger partial charge is 0.494 e. The van der Waals surface area contributed by atoms with Crippen LogP contribution in [0.5, 0.6) is 5.75 Å². The summed E-state index contributed by atoms with van der Waals surface area (Å²) in [6, 6.07) is 6.01. The van der Waals surface area contributed by atoms with Gasteiger partial charge in [0.1, 0.15) is 23.4 Å². The lowest BCUT2D eigenvalue weighted by atomic mass is 9.99. The van der Waals surface area contributed by atoms with Crippen molar-refractivity contribution in [2.24, 2.45) is 5.92 Å². The van der Waals surface area contributed by atoms with Gasteiger partial charge in [-0.05, 0) is 30.9 Å². The van der Waals surface area contributed by atoms with E-state index in [0.717, 1.165) is 46.8 Å². The molecule has 0 saturated carbocycles. The Hall–Kier alpha value is -1.36. The van der Waals surface area contributed by atoms with E-state index in [2.05, 4.69) is 36.9 Å². The van der Waals surface area contributed by atoms with Gasteiger partial charge >= 0.3 is 0 Å². The van der Waals surface area contributed by atoms with Gasteiger partial charge in [0.25, 0.3) is 0 Å². The molecule has 4 nitrogen and oxygen atoms in total. The molecule has 0 unspecified atom stereocenters. The van der Waals surface area contributed by atoms with E-state index in [1.54, 1.807) is 13.4 Å². The van der Waals surface area contributed by atoms with Gasteiger partial charge in [-0.15, -0.1) is 0 Å². The van der Waals surface area contributed by atoms with Crippen LogP contribution in [0.25, 0.3) is 10.9 Å². The zero-order valence-electron chi connectivity index (χ0n) is 11.6. The molecule has 1 aliphatic rings. The molecule has 1 saturated heterocycles. The van der Waals surface area contributed by atoms with Gasteiger partial charge in [0.2, 0.25) is 0 Å². The number of para-hydroxylation sites is 1. The van der Waals surface area contributed by atoms with E-state index < -0.39 is 0 Å².